The van der Waals surface area contributed by atoms with Gasteiger partial charge in [0.1, 0.15) is 0 Å². The first-order valence-electron chi connectivity index (χ1n) is 5.22. The first kappa shape index (κ1) is 9.99. The van der Waals surface area contributed by atoms with Crippen molar-refractivity contribution in [2.45, 2.75) is 19.5 Å². The van der Waals surface area contributed by atoms with Crippen molar-refractivity contribution in [1.29, 1.82) is 0 Å². The SMILES string of the molecule is C=CC(C)NCc1cccc2cc[nH]c12. The summed E-state index contributed by atoms with van der Waals surface area (Å²) < 4.78 is 0. The normalized spacial score (nSPS) is 12.9. The van der Waals surface area contributed by atoms with Crippen molar-refractivity contribution < 1.29 is 0 Å². The fourth-order valence-corrected chi connectivity index (χ4v) is 1.65. The van der Waals surface area contributed by atoms with Crippen molar-refractivity contribution in [2.75, 3.05) is 0 Å². The van der Waals surface area contributed by atoms with Gasteiger partial charge in [0.2, 0.25) is 0 Å². The first-order chi connectivity index (χ1) is 7.31. The molecule has 0 aliphatic heterocycles. The van der Waals surface area contributed by atoms with Crippen LogP contribution in [0.2, 0.25) is 0 Å². The molecule has 2 N–H and O–H groups in total. The van der Waals surface area contributed by atoms with E-state index in [1.807, 2.05) is 12.3 Å². The zero-order chi connectivity index (χ0) is 10.7. The van der Waals surface area contributed by atoms with Crippen molar-refractivity contribution in [1.82, 2.24) is 10.3 Å². The molecule has 2 heteroatoms. The highest BCUT2D eigenvalue weighted by molar-refractivity contribution is 5.82. The highest BCUT2D eigenvalue weighted by Crippen LogP contribution is 2.16. The summed E-state index contributed by atoms with van der Waals surface area (Å²) in [6, 6.07) is 8.78. The molecule has 1 aromatic carbocycles. The zero-order valence-electron chi connectivity index (χ0n) is 8.96. The summed E-state index contributed by atoms with van der Waals surface area (Å²) in [4.78, 5) is 3.26. The molecule has 2 aromatic rings. The van der Waals surface area contributed by atoms with Crippen LogP contribution in [-0.4, -0.2) is 11.0 Å². The maximum Gasteiger partial charge on any atom is 0.0499 e. The molecule has 2 nitrogen and oxygen atoms in total. The van der Waals surface area contributed by atoms with Gasteiger partial charge in [0, 0.05) is 24.3 Å². The van der Waals surface area contributed by atoms with E-state index in [0.717, 1.165) is 6.54 Å². The summed E-state index contributed by atoms with van der Waals surface area (Å²) in [5.41, 5.74) is 2.52. The molecular weight excluding hydrogens is 184 g/mol. The Morgan fingerprint density at radius 3 is 3.13 bits per heavy atom. The van der Waals surface area contributed by atoms with Crippen molar-refractivity contribution in [2.24, 2.45) is 0 Å². The van der Waals surface area contributed by atoms with Gasteiger partial charge < -0.3 is 10.3 Å². The van der Waals surface area contributed by atoms with E-state index in [0.29, 0.717) is 6.04 Å². The largest absolute Gasteiger partial charge is 0.361 e. The van der Waals surface area contributed by atoms with Gasteiger partial charge in [-0.25, -0.2) is 0 Å². The van der Waals surface area contributed by atoms with Crippen LogP contribution in [0.3, 0.4) is 0 Å². The third kappa shape index (κ3) is 2.10. The van der Waals surface area contributed by atoms with Gasteiger partial charge in [0.05, 0.1) is 0 Å². The standard InChI is InChI=1S/C13H16N2/c1-3-10(2)15-9-12-6-4-5-11-7-8-14-13(11)12/h3-8,10,14-15H,1,9H2,2H3. The molecule has 0 saturated carbocycles. The second-order valence-electron chi connectivity index (χ2n) is 3.76. The van der Waals surface area contributed by atoms with Gasteiger partial charge in [-0.2, -0.15) is 0 Å². The monoisotopic (exact) mass is 200 g/mol. The number of hydrogen-bond acceptors (Lipinski definition) is 1. The van der Waals surface area contributed by atoms with Gasteiger partial charge >= 0.3 is 0 Å². The highest BCUT2D eigenvalue weighted by atomic mass is 14.9. The van der Waals surface area contributed by atoms with Gasteiger partial charge in [-0.1, -0.05) is 24.3 Å². The quantitative estimate of drug-likeness (QED) is 0.730. The van der Waals surface area contributed by atoms with Crippen molar-refractivity contribution >= 4 is 10.9 Å². The van der Waals surface area contributed by atoms with Crippen LogP contribution in [0.1, 0.15) is 12.5 Å². The number of aromatic amines is 1. The minimum atomic E-state index is 0.343. The molecule has 0 saturated heterocycles. The molecule has 78 valence electrons. The van der Waals surface area contributed by atoms with E-state index < -0.39 is 0 Å². The Morgan fingerprint density at radius 2 is 2.33 bits per heavy atom. The number of rotatable bonds is 4. The van der Waals surface area contributed by atoms with E-state index in [-0.39, 0.29) is 0 Å². The van der Waals surface area contributed by atoms with Gasteiger partial charge in [-0.15, -0.1) is 6.58 Å². The Balaban J connectivity index is 2.20. The average molecular weight is 200 g/mol. The molecule has 0 radical (unpaired) electrons. The first-order valence-corrected chi connectivity index (χ1v) is 5.22. The number of fused-ring (bicyclic) bond motifs is 1. The molecule has 0 spiro atoms. The Labute approximate surface area is 90.0 Å². The van der Waals surface area contributed by atoms with Crippen LogP contribution in [0.25, 0.3) is 10.9 Å². The van der Waals surface area contributed by atoms with Crippen LogP contribution >= 0.6 is 0 Å². The van der Waals surface area contributed by atoms with Gasteiger partial charge in [0.25, 0.3) is 0 Å². The van der Waals surface area contributed by atoms with E-state index in [9.17, 15) is 0 Å². The molecule has 1 unspecified atom stereocenters. The van der Waals surface area contributed by atoms with E-state index in [1.54, 1.807) is 0 Å². The van der Waals surface area contributed by atoms with E-state index in [2.05, 4.69) is 48.1 Å². The molecule has 0 amide bonds. The molecule has 0 aliphatic carbocycles. The second kappa shape index (κ2) is 4.32. The topological polar surface area (TPSA) is 27.8 Å². The lowest BCUT2D eigenvalue weighted by molar-refractivity contribution is 0.636. The lowest BCUT2D eigenvalue weighted by Crippen LogP contribution is -2.22. The van der Waals surface area contributed by atoms with E-state index >= 15 is 0 Å². The van der Waals surface area contributed by atoms with Crippen LogP contribution in [-0.2, 0) is 6.54 Å². The summed E-state index contributed by atoms with van der Waals surface area (Å²) in [6.45, 7) is 6.72. The fraction of sp³-hybridized carbons (Fsp3) is 0.231. The number of aromatic nitrogens is 1. The Kier molecular flexibility index (Phi) is 2.88. The summed E-state index contributed by atoms with van der Waals surface area (Å²) in [5.74, 6) is 0. The van der Waals surface area contributed by atoms with Gasteiger partial charge in [-0.05, 0) is 23.9 Å². The molecule has 1 atom stereocenters. The number of para-hydroxylation sites is 1. The predicted octanol–water partition coefficient (Wildman–Crippen LogP) is 2.83. The number of hydrogen-bond donors (Lipinski definition) is 2. The van der Waals surface area contributed by atoms with Crippen molar-refractivity contribution in [3.05, 3.63) is 48.7 Å². The minimum absolute atomic E-state index is 0.343. The zero-order valence-corrected chi connectivity index (χ0v) is 8.96. The highest BCUT2D eigenvalue weighted by Gasteiger charge is 2.02. The average Bonchev–Trinajstić information content (AvgIpc) is 2.74. The predicted molar refractivity (Wildman–Crippen MR) is 64.8 cm³/mol. The van der Waals surface area contributed by atoms with Crippen molar-refractivity contribution in [3.63, 3.8) is 0 Å². The second-order valence-corrected chi connectivity index (χ2v) is 3.76. The Hall–Kier alpha value is -1.54. The number of nitrogens with one attached hydrogen (secondary N) is 2. The smallest absolute Gasteiger partial charge is 0.0499 e. The van der Waals surface area contributed by atoms with Crippen LogP contribution in [0.15, 0.2) is 43.1 Å². The third-order valence-corrected chi connectivity index (χ3v) is 2.64. The maximum absolute atomic E-state index is 3.75. The summed E-state index contributed by atoms with van der Waals surface area (Å²) >= 11 is 0. The van der Waals surface area contributed by atoms with Gasteiger partial charge in [0.15, 0.2) is 0 Å². The molecule has 1 heterocycles. The van der Waals surface area contributed by atoms with E-state index in [1.165, 1.54) is 16.5 Å². The number of benzene rings is 1. The van der Waals surface area contributed by atoms with Crippen LogP contribution in [0.5, 0.6) is 0 Å². The van der Waals surface area contributed by atoms with Gasteiger partial charge in [-0.3, -0.25) is 0 Å². The molecule has 1 aromatic heterocycles. The number of H-pyrrole nitrogens is 1. The molecular formula is C13H16N2. The van der Waals surface area contributed by atoms with Crippen LogP contribution < -0.4 is 5.32 Å². The summed E-state index contributed by atoms with van der Waals surface area (Å²) in [5, 5.41) is 4.66. The summed E-state index contributed by atoms with van der Waals surface area (Å²) in [6.07, 6.45) is 3.89. The Morgan fingerprint density at radius 1 is 1.47 bits per heavy atom. The van der Waals surface area contributed by atoms with Crippen molar-refractivity contribution in [3.8, 4) is 0 Å². The van der Waals surface area contributed by atoms with E-state index in [4.69, 9.17) is 0 Å². The lowest BCUT2D eigenvalue weighted by Gasteiger charge is -2.09. The van der Waals surface area contributed by atoms with Crippen LogP contribution in [0, 0.1) is 0 Å². The van der Waals surface area contributed by atoms with Crippen LogP contribution in [0.4, 0.5) is 0 Å². The molecule has 0 aliphatic rings. The fourth-order valence-electron chi connectivity index (χ4n) is 1.65. The molecule has 0 bridgehead atoms. The molecule has 15 heavy (non-hydrogen) atoms. The Bertz CT molecular complexity index is 456. The summed E-state index contributed by atoms with van der Waals surface area (Å²) in [7, 11) is 0. The minimum Gasteiger partial charge on any atom is -0.361 e. The molecule has 0 fully saturated rings. The lowest BCUT2D eigenvalue weighted by atomic mass is 10.1. The maximum atomic E-state index is 3.75. The third-order valence-electron chi connectivity index (χ3n) is 2.64. The molecule has 2 rings (SSSR count).